The zero-order valence-electron chi connectivity index (χ0n) is 11.3. The van der Waals surface area contributed by atoms with Crippen LogP contribution in [0.2, 0.25) is 5.02 Å². The van der Waals surface area contributed by atoms with E-state index in [1.165, 1.54) is 13.2 Å². The Morgan fingerprint density at radius 2 is 2.00 bits per heavy atom. The Labute approximate surface area is 126 Å². The molecule has 1 heterocycles. The molecular weight excluding hydrogens is 293 g/mol. The first-order chi connectivity index (χ1) is 10.1. The van der Waals surface area contributed by atoms with Crippen molar-refractivity contribution in [2.75, 3.05) is 7.11 Å². The third-order valence-electron chi connectivity index (χ3n) is 3.34. The number of nitrogens with two attached hydrogens (primary N) is 1. The third kappa shape index (κ3) is 2.60. The first kappa shape index (κ1) is 13.9. The highest BCUT2D eigenvalue weighted by molar-refractivity contribution is 6.31. The van der Waals surface area contributed by atoms with Gasteiger partial charge in [-0.05, 0) is 42.0 Å². The maximum atomic E-state index is 13.8. The minimum atomic E-state index is -0.559. The van der Waals surface area contributed by atoms with Crippen molar-refractivity contribution in [3.8, 4) is 5.75 Å². The molecule has 2 N–H and O–H groups in total. The normalized spacial score (nSPS) is 12.6. The van der Waals surface area contributed by atoms with Crippen LogP contribution in [0.15, 0.2) is 46.9 Å². The Bertz CT molecular complexity index is 800. The molecule has 0 spiro atoms. The second kappa shape index (κ2) is 5.39. The van der Waals surface area contributed by atoms with Gasteiger partial charge in [0.25, 0.3) is 0 Å². The van der Waals surface area contributed by atoms with Crippen molar-refractivity contribution in [3.05, 3.63) is 64.6 Å². The number of hydrogen-bond donors (Lipinski definition) is 1. The van der Waals surface area contributed by atoms with E-state index in [1.807, 2.05) is 6.07 Å². The molecule has 0 amide bonds. The van der Waals surface area contributed by atoms with Crippen LogP contribution in [0.5, 0.6) is 5.75 Å². The van der Waals surface area contributed by atoms with E-state index in [0.29, 0.717) is 21.9 Å². The number of furan rings is 1. The van der Waals surface area contributed by atoms with Crippen LogP contribution in [0.3, 0.4) is 0 Å². The lowest BCUT2D eigenvalue weighted by Gasteiger charge is -2.10. The van der Waals surface area contributed by atoms with Gasteiger partial charge in [0.15, 0.2) is 11.6 Å². The Hall–Kier alpha value is -2.04. The second-order valence-electron chi connectivity index (χ2n) is 4.70. The number of ether oxygens (including phenoxy) is 1. The average Bonchev–Trinajstić information content (AvgIpc) is 2.89. The van der Waals surface area contributed by atoms with Gasteiger partial charge in [-0.1, -0.05) is 17.7 Å². The van der Waals surface area contributed by atoms with Crippen molar-refractivity contribution in [2.24, 2.45) is 5.73 Å². The van der Waals surface area contributed by atoms with E-state index in [0.717, 1.165) is 5.39 Å². The average molecular weight is 306 g/mol. The molecule has 21 heavy (non-hydrogen) atoms. The van der Waals surface area contributed by atoms with Gasteiger partial charge in [0.1, 0.15) is 11.3 Å². The number of fused-ring (bicyclic) bond motifs is 1. The van der Waals surface area contributed by atoms with Gasteiger partial charge in [0, 0.05) is 10.4 Å². The van der Waals surface area contributed by atoms with Gasteiger partial charge in [-0.25, -0.2) is 4.39 Å². The Morgan fingerprint density at radius 3 is 2.71 bits per heavy atom. The van der Waals surface area contributed by atoms with Gasteiger partial charge in [-0.3, -0.25) is 0 Å². The molecule has 0 aliphatic carbocycles. The fourth-order valence-corrected chi connectivity index (χ4v) is 2.41. The molecule has 3 rings (SSSR count). The molecule has 108 valence electrons. The lowest BCUT2D eigenvalue weighted by molar-refractivity contribution is 0.386. The molecular formula is C16H13ClFNO2. The quantitative estimate of drug-likeness (QED) is 0.785. The van der Waals surface area contributed by atoms with Crippen LogP contribution < -0.4 is 10.5 Å². The standard InChI is InChI=1S/C16H13ClFNO2/c1-20-14-4-2-9(7-12(14)18)16(19)15-8-10-6-11(17)3-5-13(10)21-15/h2-8,16H,19H2,1H3. The van der Waals surface area contributed by atoms with E-state index < -0.39 is 11.9 Å². The first-order valence-electron chi connectivity index (χ1n) is 6.36. The van der Waals surface area contributed by atoms with E-state index in [1.54, 1.807) is 30.3 Å². The van der Waals surface area contributed by atoms with Crippen molar-refractivity contribution in [2.45, 2.75) is 6.04 Å². The molecule has 3 nitrogen and oxygen atoms in total. The minimum Gasteiger partial charge on any atom is -0.494 e. The molecule has 1 atom stereocenters. The number of halogens is 2. The molecule has 1 unspecified atom stereocenters. The summed E-state index contributed by atoms with van der Waals surface area (Å²) in [7, 11) is 1.42. The van der Waals surface area contributed by atoms with Gasteiger partial charge >= 0.3 is 0 Å². The second-order valence-corrected chi connectivity index (χ2v) is 5.14. The summed E-state index contributed by atoms with van der Waals surface area (Å²) in [6, 6.07) is 11.2. The summed E-state index contributed by atoms with van der Waals surface area (Å²) in [5.74, 6) is 0.281. The van der Waals surface area contributed by atoms with Crippen molar-refractivity contribution >= 4 is 22.6 Å². The first-order valence-corrected chi connectivity index (χ1v) is 6.74. The lowest BCUT2D eigenvalue weighted by atomic mass is 10.0. The smallest absolute Gasteiger partial charge is 0.165 e. The summed E-state index contributed by atoms with van der Waals surface area (Å²) in [6.45, 7) is 0. The van der Waals surface area contributed by atoms with Gasteiger partial charge < -0.3 is 14.9 Å². The van der Waals surface area contributed by atoms with Crippen molar-refractivity contribution < 1.29 is 13.5 Å². The fourth-order valence-electron chi connectivity index (χ4n) is 2.23. The van der Waals surface area contributed by atoms with E-state index in [-0.39, 0.29) is 5.75 Å². The fraction of sp³-hybridized carbons (Fsp3) is 0.125. The molecule has 5 heteroatoms. The Balaban J connectivity index is 1.99. The summed E-state index contributed by atoms with van der Waals surface area (Å²) in [5.41, 5.74) is 7.45. The topological polar surface area (TPSA) is 48.4 Å². The van der Waals surface area contributed by atoms with Crippen LogP contribution >= 0.6 is 11.6 Å². The van der Waals surface area contributed by atoms with Crippen molar-refractivity contribution in [3.63, 3.8) is 0 Å². The van der Waals surface area contributed by atoms with Crippen LogP contribution in [-0.4, -0.2) is 7.11 Å². The number of hydrogen-bond acceptors (Lipinski definition) is 3. The van der Waals surface area contributed by atoms with Crippen LogP contribution in [0, 0.1) is 5.82 Å². The predicted octanol–water partition coefficient (Wildman–Crippen LogP) is 4.28. The van der Waals surface area contributed by atoms with Crippen molar-refractivity contribution in [1.29, 1.82) is 0 Å². The molecule has 0 fully saturated rings. The van der Waals surface area contributed by atoms with Crippen LogP contribution in [-0.2, 0) is 0 Å². The minimum absolute atomic E-state index is 0.183. The van der Waals surface area contributed by atoms with Crippen LogP contribution in [0.4, 0.5) is 4.39 Å². The van der Waals surface area contributed by atoms with Crippen molar-refractivity contribution in [1.82, 2.24) is 0 Å². The van der Waals surface area contributed by atoms with Gasteiger partial charge in [-0.2, -0.15) is 0 Å². The summed E-state index contributed by atoms with van der Waals surface area (Å²) in [4.78, 5) is 0. The lowest BCUT2D eigenvalue weighted by Crippen LogP contribution is -2.11. The summed E-state index contributed by atoms with van der Waals surface area (Å²) in [5, 5.41) is 1.49. The number of rotatable bonds is 3. The van der Waals surface area contributed by atoms with Crippen LogP contribution in [0.1, 0.15) is 17.4 Å². The summed E-state index contributed by atoms with van der Waals surface area (Å²) in [6.07, 6.45) is 0. The molecule has 0 radical (unpaired) electrons. The molecule has 1 aromatic heterocycles. The van der Waals surface area contributed by atoms with E-state index in [2.05, 4.69) is 0 Å². The SMILES string of the molecule is COc1ccc(C(N)c2cc3cc(Cl)ccc3o2)cc1F. The highest BCUT2D eigenvalue weighted by atomic mass is 35.5. The maximum Gasteiger partial charge on any atom is 0.165 e. The molecule has 0 aliphatic rings. The van der Waals surface area contributed by atoms with Gasteiger partial charge in [-0.15, -0.1) is 0 Å². The highest BCUT2D eigenvalue weighted by Crippen LogP contribution is 2.30. The highest BCUT2D eigenvalue weighted by Gasteiger charge is 2.16. The molecule has 3 aromatic rings. The zero-order chi connectivity index (χ0) is 15.0. The predicted molar refractivity (Wildman–Crippen MR) is 80.2 cm³/mol. The van der Waals surface area contributed by atoms with Gasteiger partial charge in [0.2, 0.25) is 0 Å². The summed E-state index contributed by atoms with van der Waals surface area (Å²) < 4.78 is 24.3. The molecule has 0 saturated carbocycles. The van der Waals surface area contributed by atoms with Crippen LogP contribution in [0.25, 0.3) is 11.0 Å². The Morgan fingerprint density at radius 1 is 1.19 bits per heavy atom. The van der Waals surface area contributed by atoms with Gasteiger partial charge in [0.05, 0.1) is 13.2 Å². The van der Waals surface area contributed by atoms with E-state index >= 15 is 0 Å². The molecule has 0 aliphatic heterocycles. The number of methoxy groups -OCH3 is 1. The molecule has 0 saturated heterocycles. The third-order valence-corrected chi connectivity index (χ3v) is 3.57. The Kier molecular flexibility index (Phi) is 3.57. The number of benzene rings is 2. The molecule has 2 aromatic carbocycles. The zero-order valence-corrected chi connectivity index (χ0v) is 12.0. The summed E-state index contributed by atoms with van der Waals surface area (Å²) >= 11 is 5.94. The monoisotopic (exact) mass is 305 g/mol. The maximum absolute atomic E-state index is 13.8. The van der Waals surface area contributed by atoms with E-state index in [9.17, 15) is 4.39 Å². The molecule has 0 bridgehead atoms. The van der Waals surface area contributed by atoms with E-state index in [4.69, 9.17) is 26.5 Å². The largest absolute Gasteiger partial charge is 0.494 e.